The molecule has 28 heavy (non-hydrogen) atoms. The van der Waals surface area contributed by atoms with Gasteiger partial charge in [0.15, 0.2) is 0 Å². The van der Waals surface area contributed by atoms with Crippen molar-refractivity contribution in [3.05, 3.63) is 28.7 Å². The summed E-state index contributed by atoms with van der Waals surface area (Å²) in [6, 6.07) is 6.13. The SMILES string of the molecule is CCCCCC(O)(CCCCC)[C@@H](NS(=O)(=O)c1ccc(Br)cc1)[C@@H](C)CC. The summed E-state index contributed by atoms with van der Waals surface area (Å²) in [5.41, 5.74) is -1.03. The minimum atomic E-state index is -3.71. The number of halogens is 1. The molecule has 0 amide bonds. The van der Waals surface area contributed by atoms with Gasteiger partial charge in [0, 0.05) is 4.47 Å². The van der Waals surface area contributed by atoms with E-state index in [9.17, 15) is 13.5 Å². The van der Waals surface area contributed by atoms with Gasteiger partial charge in [-0.25, -0.2) is 13.1 Å². The number of sulfonamides is 1. The second-order valence-electron chi connectivity index (χ2n) is 7.96. The van der Waals surface area contributed by atoms with Crippen molar-refractivity contribution in [1.82, 2.24) is 4.72 Å². The summed E-state index contributed by atoms with van der Waals surface area (Å²) in [5.74, 6) is 0.0403. The van der Waals surface area contributed by atoms with Gasteiger partial charge in [0.05, 0.1) is 16.5 Å². The second kappa shape index (κ2) is 12.3. The number of hydrogen-bond donors (Lipinski definition) is 2. The monoisotopic (exact) mass is 475 g/mol. The van der Waals surface area contributed by atoms with Crippen LogP contribution in [0.2, 0.25) is 0 Å². The highest BCUT2D eigenvalue weighted by Crippen LogP contribution is 2.32. The van der Waals surface area contributed by atoms with Crippen LogP contribution in [-0.4, -0.2) is 25.2 Å². The quantitative estimate of drug-likeness (QED) is 0.322. The number of hydrogen-bond acceptors (Lipinski definition) is 3. The van der Waals surface area contributed by atoms with Crippen LogP contribution in [0.3, 0.4) is 0 Å². The van der Waals surface area contributed by atoms with E-state index in [1.54, 1.807) is 24.3 Å². The van der Waals surface area contributed by atoms with Gasteiger partial charge in [-0.15, -0.1) is 0 Å². The third-order valence-electron chi connectivity index (χ3n) is 5.62. The molecule has 0 aromatic heterocycles. The summed E-state index contributed by atoms with van der Waals surface area (Å²) >= 11 is 3.34. The number of unbranched alkanes of at least 4 members (excludes halogenated alkanes) is 4. The van der Waals surface area contributed by atoms with E-state index in [0.29, 0.717) is 12.8 Å². The molecule has 0 radical (unpaired) electrons. The first-order valence-electron chi connectivity index (χ1n) is 10.7. The molecule has 0 aliphatic carbocycles. The van der Waals surface area contributed by atoms with E-state index in [4.69, 9.17) is 0 Å². The molecule has 0 saturated heterocycles. The third-order valence-corrected chi connectivity index (χ3v) is 7.61. The van der Waals surface area contributed by atoms with Crippen molar-refractivity contribution in [2.45, 2.75) is 102 Å². The third kappa shape index (κ3) is 7.77. The fourth-order valence-corrected chi connectivity index (χ4v) is 5.32. The molecule has 4 nitrogen and oxygen atoms in total. The largest absolute Gasteiger partial charge is 0.388 e. The first kappa shape index (κ1) is 25.6. The van der Waals surface area contributed by atoms with Gasteiger partial charge in [0.1, 0.15) is 0 Å². The Labute approximate surface area is 180 Å². The molecule has 0 fully saturated rings. The van der Waals surface area contributed by atoms with E-state index < -0.39 is 21.7 Å². The van der Waals surface area contributed by atoms with E-state index in [-0.39, 0.29) is 10.8 Å². The molecule has 1 aromatic carbocycles. The number of benzene rings is 1. The first-order chi connectivity index (χ1) is 13.2. The number of aliphatic hydroxyl groups is 1. The smallest absolute Gasteiger partial charge is 0.240 e. The molecular formula is C22H38BrNO3S. The minimum absolute atomic E-state index is 0.0403. The van der Waals surface area contributed by atoms with Gasteiger partial charge in [-0.1, -0.05) is 88.6 Å². The van der Waals surface area contributed by atoms with Crippen LogP contribution >= 0.6 is 15.9 Å². The average Bonchev–Trinajstić information content (AvgIpc) is 2.66. The van der Waals surface area contributed by atoms with Crippen molar-refractivity contribution in [3.63, 3.8) is 0 Å². The van der Waals surface area contributed by atoms with Gasteiger partial charge < -0.3 is 5.11 Å². The van der Waals surface area contributed by atoms with Crippen LogP contribution in [0.25, 0.3) is 0 Å². The molecule has 162 valence electrons. The Morgan fingerprint density at radius 1 is 1.00 bits per heavy atom. The molecule has 0 saturated carbocycles. The predicted octanol–water partition coefficient (Wildman–Crippen LogP) is 6.03. The van der Waals surface area contributed by atoms with Crippen LogP contribution in [-0.2, 0) is 10.0 Å². The Morgan fingerprint density at radius 3 is 1.93 bits per heavy atom. The Bertz CT molecular complexity index is 651. The molecule has 2 atom stereocenters. The lowest BCUT2D eigenvalue weighted by atomic mass is 9.78. The van der Waals surface area contributed by atoms with E-state index in [0.717, 1.165) is 49.4 Å². The van der Waals surface area contributed by atoms with Gasteiger partial charge in [-0.2, -0.15) is 0 Å². The highest BCUT2D eigenvalue weighted by molar-refractivity contribution is 9.10. The first-order valence-corrected chi connectivity index (χ1v) is 13.0. The Balaban J connectivity index is 3.16. The van der Waals surface area contributed by atoms with E-state index in [1.807, 2.05) is 13.8 Å². The zero-order valence-electron chi connectivity index (χ0n) is 17.9. The second-order valence-corrected chi connectivity index (χ2v) is 10.6. The van der Waals surface area contributed by atoms with Crippen molar-refractivity contribution < 1.29 is 13.5 Å². The zero-order chi connectivity index (χ0) is 21.2. The molecular weight excluding hydrogens is 438 g/mol. The highest BCUT2D eigenvalue weighted by Gasteiger charge is 2.41. The van der Waals surface area contributed by atoms with Crippen molar-refractivity contribution >= 4 is 26.0 Å². The molecule has 0 aliphatic rings. The Kier molecular flexibility index (Phi) is 11.3. The topological polar surface area (TPSA) is 66.4 Å². The molecule has 0 unspecified atom stereocenters. The van der Waals surface area contributed by atoms with E-state index >= 15 is 0 Å². The fraction of sp³-hybridized carbons (Fsp3) is 0.727. The van der Waals surface area contributed by atoms with Crippen LogP contribution < -0.4 is 4.72 Å². The summed E-state index contributed by atoms with van der Waals surface area (Å²) in [7, 11) is -3.71. The number of rotatable bonds is 14. The molecule has 0 spiro atoms. The van der Waals surface area contributed by atoms with Crippen molar-refractivity contribution in [2.75, 3.05) is 0 Å². The van der Waals surface area contributed by atoms with Crippen molar-refractivity contribution in [2.24, 2.45) is 5.92 Å². The standard InChI is InChI=1S/C22H38BrNO3S/c1-5-8-10-16-22(25,17-11-9-6-2)21(18(4)7-3)24-28(26,27)20-14-12-19(23)13-15-20/h12-15,18,21,24-25H,5-11,16-17H2,1-4H3/t18-,21-/m0/s1. The maximum absolute atomic E-state index is 13.0. The lowest BCUT2D eigenvalue weighted by Crippen LogP contribution is -2.56. The summed E-state index contributed by atoms with van der Waals surface area (Å²) in [6.07, 6.45) is 8.11. The average molecular weight is 477 g/mol. The van der Waals surface area contributed by atoms with Gasteiger partial charge in [0.25, 0.3) is 0 Å². The van der Waals surface area contributed by atoms with E-state index in [1.165, 1.54) is 0 Å². The van der Waals surface area contributed by atoms with Crippen molar-refractivity contribution in [3.8, 4) is 0 Å². The molecule has 6 heteroatoms. The highest BCUT2D eigenvalue weighted by atomic mass is 79.9. The molecule has 0 heterocycles. The van der Waals surface area contributed by atoms with Gasteiger partial charge in [-0.05, 0) is 43.0 Å². The molecule has 2 N–H and O–H groups in total. The van der Waals surface area contributed by atoms with Gasteiger partial charge >= 0.3 is 0 Å². The fourth-order valence-electron chi connectivity index (χ4n) is 3.64. The van der Waals surface area contributed by atoms with Crippen molar-refractivity contribution in [1.29, 1.82) is 0 Å². The number of nitrogens with one attached hydrogen (secondary N) is 1. The Morgan fingerprint density at radius 2 is 1.50 bits per heavy atom. The summed E-state index contributed by atoms with van der Waals surface area (Å²) in [6.45, 7) is 8.35. The van der Waals surface area contributed by atoms with Gasteiger partial charge in [-0.3, -0.25) is 0 Å². The zero-order valence-corrected chi connectivity index (χ0v) is 20.3. The normalized spacial score (nSPS) is 14.8. The maximum atomic E-state index is 13.0. The molecule has 0 aliphatic heterocycles. The summed E-state index contributed by atoms with van der Waals surface area (Å²) in [4.78, 5) is 0.230. The van der Waals surface area contributed by atoms with E-state index in [2.05, 4.69) is 34.5 Å². The lowest BCUT2D eigenvalue weighted by Gasteiger charge is -2.40. The molecule has 1 aromatic rings. The van der Waals surface area contributed by atoms with Crippen LogP contribution in [0.5, 0.6) is 0 Å². The Hall–Kier alpha value is -0.430. The summed E-state index contributed by atoms with van der Waals surface area (Å²) < 4.78 is 29.8. The molecule has 1 rings (SSSR count). The predicted molar refractivity (Wildman–Crippen MR) is 121 cm³/mol. The minimum Gasteiger partial charge on any atom is -0.388 e. The lowest BCUT2D eigenvalue weighted by molar-refractivity contribution is -0.0279. The van der Waals surface area contributed by atoms with Gasteiger partial charge in [0.2, 0.25) is 10.0 Å². The van der Waals surface area contributed by atoms with Crippen LogP contribution in [0.1, 0.15) is 85.5 Å². The maximum Gasteiger partial charge on any atom is 0.240 e. The van der Waals surface area contributed by atoms with Crippen LogP contribution in [0, 0.1) is 5.92 Å². The summed E-state index contributed by atoms with van der Waals surface area (Å²) in [5, 5.41) is 11.6. The van der Waals surface area contributed by atoms with Crippen LogP contribution in [0.15, 0.2) is 33.6 Å². The van der Waals surface area contributed by atoms with Crippen LogP contribution in [0.4, 0.5) is 0 Å². The molecule has 0 bridgehead atoms.